The Balaban J connectivity index is 2.17. The largest absolute Gasteiger partial charge is 0.333 e. The van der Waals surface area contributed by atoms with Gasteiger partial charge in [-0.15, -0.1) is 0 Å². The number of rotatable bonds is 6. The number of ketones is 1. The van der Waals surface area contributed by atoms with E-state index in [1.807, 2.05) is 20.8 Å². The monoisotopic (exact) mass is 379 g/mol. The molecule has 1 aliphatic heterocycles. The molecule has 2 aliphatic rings. The molecule has 0 aromatic carbocycles. The predicted molar refractivity (Wildman–Crippen MR) is 106 cm³/mol. The van der Waals surface area contributed by atoms with Crippen LogP contribution in [0, 0.1) is 5.92 Å². The standard InChI is InChI=1S/C21H37N3O3/c1-5-21(3,4)23-20(27)22-18(16-11-8-6-7-9-12-16)19(26)24-14-10-13-17(24)15(2)25/h16-18H,5-14H2,1-4H3,(H2,22,23,27). The Bertz CT molecular complexity index is 539. The van der Waals surface area contributed by atoms with Crippen LogP contribution in [-0.4, -0.2) is 46.8 Å². The quantitative estimate of drug-likeness (QED) is 0.694. The third-order valence-corrected chi connectivity index (χ3v) is 6.26. The normalized spacial score (nSPS) is 22.8. The molecule has 1 saturated heterocycles. The lowest BCUT2D eigenvalue weighted by Crippen LogP contribution is -2.58. The van der Waals surface area contributed by atoms with Crippen molar-refractivity contribution in [2.45, 2.75) is 103 Å². The van der Waals surface area contributed by atoms with Gasteiger partial charge in [-0.1, -0.05) is 32.6 Å². The van der Waals surface area contributed by atoms with Gasteiger partial charge in [0.05, 0.1) is 6.04 Å². The van der Waals surface area contributed by atoms with Crippen molar-refractivity contribution < 1.29 is 14.4 Å². The molecule has 6 heteroatoms. The minimum atomic E-state index is -0.546. The van der Waals surface area contributed by atoms with E-state index >= 15 is 0 Å². The molecule has 0 aromatic rings. The molecule has 0 spiro atoms. The average molecular weight is 380 g/mol. The smallest absolute Gasteiger partial charge is 0.315 e. The molecule has 1 heterocycles. The summed E-state index contributed by atoms with van der Waals surface area (Å²) >= 11 is 0. The van der Waals surface area contributed by atoms with Gasteiger partial charge in [0.2, 0.25) is 5.91 Å². The van der Waals surface area contributed by atoms with E-state index in [0.717, 1.165) is 44.9 Å². The van der Waals surface area contributed by atoms with Crippen LogP contribution in [0.4, 0.5) is 4.79 Å². The number of carbonyl (C=O) groups is 3. The number of hydrogen-bond acceptors (Lipinski definition) is 3. The fraction of sp³-hybridized carbons (Fsp3) is 0.857. The lowest BCUT2D eigenvalue weighted by Gasteiger charge is -2.33. The van der Waals surface area contributed by atoms with Crippen LogP contribution in [0.3, 0.4) is 0 Å². The van der Waals surface area contributed by atoms with Crippen LogP contribution in [0.2, 0.25) is 0 Å². The highest BCUT2D eigenvalue weighted by atomic mass is 16.2. The molecule has 0 bridgehead atoms. The molecular weight excluding hydrogens is 342 g/mol. The van der Waals surface area contributed by atoms with Crippen LogP contribution in [0.5, 0.6) is 0 Å². The van der Waals surface area contributed by atoms with E-state index in [4.69, 9.17) is 0 Å². The van der Waals surface area contributed by atoms with Gasteiger partial charge in [-0.3, -0.25) is 9.59 Å². The molecule has 3 amide bonds. The van der Waals surface area contributed by atoms with Gasteiger partial charge < -0.3 is 15.5 Å². The SMILES string of the molecule is CCC(C)(C)NC(=O)NC(C(=O)N1CCCC1C(C)=O)C1CCCCCC1. The van der Waals surface area contributed by atoms with Crippen molar-refractivity contribution in [1.29, 1.82) is 0 Å². The van der Waals surface area contributed by atoms with Crippen molar-refractivity contribution in [3.8, 4) is 0 Å². The van der Waals surface area contributed by atoms with Gasteiger partial charge in [0, 0.05) is 12.1 Å². The Hall–Kier alpha value is -1.59. The van der Waals surface area contributed by atoms with Crippen LogP contribution in [-0.2, 0) is 9.59 Å². The molecule has 27 heavy (non-hydrogen) atoms. The third-order valence-electron chi connectivity index (χ3n) is 6.26. The average Bonchev–Trinajstić information content (AvgIpc) is 2.95. The summed E-state index contributed by atoms with van der Waals surface area (Å²) in [6.07, 6.45) is 8.84. The number of hydrogen-bond donors (Lipinski definition) is 2. The highest BCUT2D eigenvalue weighted by Crippen LogP contribution is 2.28. The second-order valence-electron chi connectivity index (χ2n) is 8.87. The zero-order valence-electron chi connectivity index (χ0n) is 17.5. The molecule has 154 valence electrons. The van der Waals surface area contributed by atoms with Crippen molar-refractivity contribution in [3.63, 3.8) is 0 Å². The van der Waals surface area contributed by atoms with E-state index in [1.54, 1.807) is 11.8 Å². The van der Waals surface area contributed by atoms with Crippen molar-refractivity contribution >= 4 is 17.7 Å². The summed E-state index contributed by atoms with van der Waals surface area (Å²) in [6.45, 7) is 8.13. The van der Waals surface area contributed by atoms with Crippen molar-refractivity contribution in [3.05, 3.63) is 0 Å². The van der Waals surface area contributed by atoms with Crippen LogP contribution < -0.4 is 10.6 Å². The van der Waals surface area contributed by atoms with Crippen molar-refractivity contribution in [1.82, 2.24) is 15.5 Å². The van der Waals surface area contributed by atoms with Crippen LogP contribution in [0.25, 0.3) is 0 Å². The highest BCUT2D eigenvalue weighted by Gasteiger charge is 2.39. The number of carbonyl (C=O) groups excluding carboxylic acids is 3. The van der Waals surface area contributed by atoms with E-state index < -0.39 is 6.04 Å². The number of nitrogens with one attached hydrogen (secondary N) is 2. The van der Waals surface area contributed by atoms with E-state index in [2.05, 4.69) is 10.6 Å². The van der Waals surface area contributed by atoms with Crippen LogP contribution >= 0.6 is 0 Å². The summed E-state index contributed by atoms with van der Waals surface area (Å²) in [5.74, 6) is 0.102. The summed E-state index contributed by atoms with van der Waals surface area (Å²) in [5.41, 5.74) is -0.323. The van der Waals surface area contributed by atoms with Gasteiger partial charge in [-0.2, -0.15) is 0 Å². The Kier molecular flexibility index (Phi) is 7.68. The maximum atomic E-state index is 13.4. The van der Waals surface area contributed by atoms with Gasteiger partial charge in [0.1, 0.15) is 6.04 Å². The number of Topliss-reactive ketones (excluding diaryl/α,β-unsaturated/α-hetero) is 1. The van der Waals surface area contributed by atoms with Gasteiger partial charge in [-0.05, 0) is 58.8 Å². The van der Waals surface area contributed by atoms with Crippen LogP contribution in [0.15, 0.2) is 0 Å². The molecular formula is C21H37N3O3. The predicted octanol–water partition coefficient (Wildman–Crippen LogP) is 3.39. The summed E-state index contributed by atoms with van der Waals surface area (Å²) in [4.78, 5) is 39.7. The Morgan fingerprint density at radius 2 is 1.67 bits per heavy atom. The first-order chi connectivity index (χ1) is 12.7. The maximum absolute atomic E-state index is 13.4. The first-order valence-electron chi connectivity index (χ1n) is 10.6. The Labute approximate surface area is 163 Å². The second kappa shape index (κ2) is 9.56. The van der Waals surface area contributed by atoms with E-state index in [-0.39, 0.29) is 35.2 Å². The molecule has 6 nitrogen and oxygen atoms in total. The molecule has 2 unspecified atom stereocenters. The third kappa shape index (κ3) is 5.94. The zero-order valence-corrected chi connectivity index (χ0v) is 17.5. The van der Waals surface area contributed by atoms with Crippen molar-refractivity contribution in [2.24, 2.45) is 5.92 Å². The molecule has 2 fully saturated rings. The van der Waals surface area contributed by atoms with Gasteiger partial charge in [-0.25, -0.2) is 4.79 Å². The number of likely N-dealkylation sites (tertiary alicyclic amines) is 1. The fourth-order valence-electron chi connectivity index (χ4n) is 4.23. The van der Waals surface area contributed by atoms with E-state index in [9.17, 15) is 14.4 Å². The highest BCUT2D eigenvalue weighted by molar-refractivity contribution is 5.92. The van der Waals surface area contributed by atoms with E-state index in [1.165, 1.54) is 12.8 Å². The summed E-state index contributed by atoms with van der Waals surface area (Å²) < 4.78 is 0. The topological polar surface area (TPSA) is 78.5 Å². The second-order valence-corrected chi connectivity index (χ2v) is 8.87. The lowest BCUT2D eigenvalue weighted by atomic mass is 9.90. The van der Waals surface area contributed by atoms with E-state index in [0.29, 0.717) is 6.54 Å². The fourth-order valence-corrected chi connectivity index (χ4v) is 4.23. The Morgan fingerprint density at radius 3 is 2.22 bits per heavy atom. The molecule has 1 saturated carbocycles. The first kappa shape index (κ1) is 21.7. The van der Waals surface area contributed by atoms with Gasteiger partial charge >= 0.3 is 6.03 Å². The minimum absolute atomic E-state index is 0.0389. The minimum Gasteiger partial charge on any atom is -0.333 e. The zero-order chi connectivity index (χ0) is 20.0. The molecule has 2 atom stereocenters. The summed E-state index contributed by atoms with van der Waals surface area (Å²) in [7, 11) is 0. The Morgan fingerprint density at radius 1 is 1.04 bits per heavy atom. The molecule has 0 aromatic heterocycles. The first-order valence-corrected chi connectivity index (χ1v) is 10.6. The maximum Gasteiger partial charge on any atom is 0.315 e. The van der Waals surface area contributed by atoms with Gasteiger partial charge in [0.15, 0.2) is 5.78 Å². The van der Waals surface area contributed by atoms with Crippen molar-refractivity contribution in [2.75, 3.05) is 6.54 Å². The number of amides is 3. The molecule has 2 N–H and O–H groups in total. The van der Waals surface area contributed by atoms with Crippen LogP contribution in [0.1, 0.15) is 85.5 Å². The number of nitrogens with zero attached hydrogens (tertiary/aromatic N) is 1. The molecule has 2 rings (SSSR count). The molecule has 1 aliphatic carbocycles. The molecule has 0 radical (unpaired) electrons. The summed E-state index contributed by atoms with van der Waals surface area (Å²) in [5, 5.41) is 5.97. The summed E-state index contributed by atoms with van der Waals surface area (Å²) in [6, 6.07) is -1.17. The lowest BCUT2D eigenvalue weighted by molar-refractivity contribution is -0.139. The number of urea groups is 1. The van der Waals surface area contributed by atoms with Gasteiger partial charge in [0.25, 0.3) is 0 Å².